The van der Waals surface area contributed by atoms with Crippen LogP contribution in [0.2, 0.25) is 0 Å². The van der Waals surface area contributed by atoms with Crippen molar-refractivity contribution in [1.29, 1.82) is 0 Å². The van der Waals surface area contributed by atoms with Crippen molar-refractivity contribution in [2.45, 2.75) is 0 Å². The van der Waals surface area contributed by atoms with E-state index in [9.17, 15) is 9.18 Å². The molecule has 17 heavy (non-hydrogen) atoms. The minimum atomic E-state index is -0.409. The third-order valence-corrected chi connectivity index (χ3v) is 2.01. The maximum atomic E-state index is 12.6. The number of nitrogens with one attached hydrogen (secondary N) is 1. The molecule has 1 heterocycles. The normalized spacial score (nSPS) is 10.6. The minimum Gasteiger partial charge on any atom is -0.463 e. The summed E-state index contributed by atoms with van der Waals surface area (Å²) in [6, 6.07) is 8.60. The molecule has 0 fully saturated rings. The highest BCUT2D eigenvalue weighted by atomic mass is 19.1. The number of halogens is 1. The summed E-state index contributed by atoms with van der Waals surface area (Å²) in [6.07, 6.45) is 2.88. The summed E-state index contributed by atoms with van der Waals surface area (Å²) in [5, 5.41) is 3.70. The summed E-state index contributed by atoms with van der Waals surface area (Å²) < 4.78 is 17.6. The number of hydrazone groups is 1. The Morgan fingerprint density at radius 3 is 2.71 bits per heavy atom. The third kappa shape index (κ3) is 3.01. The fraction of sp³-hybridized carbons (Fsp3) is 0. The first kappa shape index (κ1) is 11.1. The lowest BCUT2D eigenvalue weighted by Crippen LogP contribution is -2.17. The number of furan rings is 1. The van der Waals surface area contributed by atoms with Crippen LogP contribution >= 0.6 is 0 Å². The average Bonchev–Trinajstić information content (AvgIpc) is 2.83. The van der Waals surface area contributed by atoms with Crippen molar-refractivity contribution in [3.05, 3.63) is 59.8 Å². The van der Waals surface area contributed by atoms with Crippen LogP contribution in [-0.2, 0) is 0 Å². The smallest absolute Gasteiger partial charge is 0.271 e. The second kappa shape index (κ2) is 5.07. The molecule has 1 aromatic carbocycles. The van der Waals surface area contributed by atoms with Gasteiger partial charge in [-0.15, -0.1) is 0 Å². The summed E-state index contributed by atoms with van der Waals surface area (Å²) in [6.45, 7) is 0. The first-order chi connectivity index (χ1) is 8.25. The van der Waals surface area contributed by atoms with E-state index in [1.54, 1.807) is 12.1 Å². The predicted molar refractivity (Wildman–Crippen MR) is 60.2 cm³/mol. The molecule has 0 aliphatic heterocycles. The molecule has 1 aromatic heterocycles. The SMILES string of the molecule is O=C(N/N=C\c1ccco1)c1ccc(F)cc1. The zero-order chi connectivity index (χ0) is 12.1. The molecule has 2 aromatic rings. The van der Waals surface area contributed by atoms with Crippen LogP contribution in [0, 0.1) is 5.82 Å². The topological polar surface area (TPSA) is 54.6 Å². The Hall–Kier alpha value is -2.43. The zero-order valence-corrected chi connectivity index (χ0v) is 8.76. The van der Waals surface area contributed by atoms with E-state index in [1.807, 2.05) is 0 Å². The van der Waals surface area contributed by atoms with Gasteiger partial charge in [0, 0.05) is 5.56 Å². The Morgan fingerprint density at radius 2 is 2.06 bits per heavy atom. The molecule has 5 heteroatoms. The van der Waals surface area contributed by atoms with Crippen LogP contribution < -0.4 is 5.43 Å². The fourth-order valence-corrected chi connectivity index (χ4v) is 1.19. The fourth-order valence-electron chi connectivity index (χ4n) is 1.19. The summed E-state index contributed by atoms with van der Waals surface area (Å²) in [7, 11) is 0. The van der Waals surface area contributed by atoms with Gasteiger partial charge in [0.2, 0.25) is 0 Å². The number of carbonyl (C=O) groups excluding carboxylic acids is 1. The van der Waals surface area contributed by atoms with Crippen molar-refractivity contribution in [3.63, 3.8) is 0 Å². The third-order valence-electron chi connectivity index (χ3n) is 2.01. The van der Waals surface area contributed by atoms with E-state index in [1.165, 1.54) is 36.7 Å². The number of hydrogen-bond donors (Lipinski definition) is 1. The Morgan fingerprint density at radius 1 is 1.29 bits per heavy atom. The lowest BCUT2D eigenvalue weighted by atomic mass is 10.2. The lowest BCUT2D eigenvalue weighted by Gasteiger charge is -1.98. The largest absolute Gasteiger partial charge is 0.463 e. The van der Waals surface area contributed by atoms with Crippen molar-refractivity contribution in [2.24, 2.45) is 5.10 Å². The molecule has 0 saturated carbocycles. The first-order valence-corrected chi connectivity index (χ1v) is 4.88. The molecule has 0 saturated heterocycles. The van der Waals surface area contributed by atoms with E-state index in [-0.39, 0.29) is 5.82 Å². The average molecular weight is 232 g/mol. The molecule has 1 amide bonds. The summed E-state index contributed by atoms with van der Waals surface area (Å²) in [4.78, 5) is 11.5. The van der Waals surface area contributed by atoms with Crippen molar-refractivity contribution in [1.82, 2.24) is 5.43 Å². The van der Waals surface area contributed by atoms with Crippen LogP contribution in [0.15, 0.2) is 52.2 Å². The van der Waals surface area contributed by atoms with Crippen molar-refractivity contribution in [3.8, 4) is 0 Å². The summed E-state index contributed by atoms with van der Waals surface area (Å²) in [5.74, 6) is -0.266. The van der Waals surface area contributed by atoms with Crippen LogP contribution in [0.4, 0.5) is 4.39 Å². The second-order valence-corrected chi connectivity index (χ2v) is 3.22. The minimum absolute atomic E-state index is 0.336. The molecule has 0 atom stereocenters. The summed E-state index contributed by atoms with van der Waals surface area (Å²) >= 11 is 0. The van der Waals surface area contributed by atoms with Gasteiger partial charge in [0.05, 0.1) is 12.5 Å². The first-order valence-electron chi connectivity index (χ1n) is 4.88. The van der Waals surface area contributed by atoms with E-state index in [0.29, 0.717) is 11.3 Å². The van der Waals surface area contributed by atoms with Gasteiger partial charge in [-0.05, 0) is 36.4 Å². The van der Waals surface area contributed by atoms with Crippen LogP contribution in [-0.4, -0.2) is 12.1 Å². The van der Waals surface area contributed by atoms with Crippen LogP contribution in [0.5, 0.6) is 0 Å². The molecule has 4 nitrogen and oxygen atoms in total. The molecular formula is C12H9FN2O2. The maximum Gasteiger partial charge on any atom is 0.271 e. The van der Waals surface area contributed by atoms with Gasteiger partial charge in [-0.1, -0.05) is 0 Å². The van der Waals surface area contributed by atoms with Crippen molar-refractivity contribution < 1.29 is 13.6 Å². The molecular weight excluding hydrogens is 223 g/mol. The van der Waals surface area contributed by atoms with E-state index in [4.69, 9.17) is 4.42 Å². The van der Waals surface area contributed by atoms with Gasteiger partial charge in [-0.3, -0.25) is 4.79 Å². The molecule has 0 radical (unpaired) electrons. The van der Waals surface area contributed by atoms with Crippen molar-refractivity contribution >= 4 is 12.1 Å². The van der Waals surface area contributed by atoms with Gasteiger partial charge < -0.3 is 4.42 Å². The second-order valence-electron chi connectivity index (χ2n) is 3.22. The quantitative estimate of drug-likeness (QED) is 0.651. The van der Waals surface area contributed by atoms with Crippen LogP contribution in [0.25, 0.3) is 0 Å². The zero-order valence-electron chi connectivity index (χ0n) is 8.76. The van der Waals surface area contributed by atoms with Crippen LogP contribution in [0.3, 0.4) is 0 Å². The molecule has 86 valence electrons. The number of rotatable bonds is 3. The van der Waals surface area contributed by atoms with Gasteiger partial charge in [-0.2, -0.15) is 5.10 Å². The Balaban J connectivity index is 1.96. The maximum absolute atomic E-state index is 12.6. The van der Waals surface area contributed by atoms with Crippen molar-refractivity contribution in [2.75, 3.05) is 0 Å². The van der Waals surface area contributed by atoms with Crippen LogP contribution in [0.1, 0.15) is 16.1 Å². The lowest BCUT2D eigenvalue weighted by molar-refractivity contribution is 0.0955. The number of amides is 1. The number of benzene rings is 1. The van der Waals surface area contributed by atoms with Gasteiger partial charge in [0.15, 0.2) is 0 Å². The monoisotopic (exact) mass is 232 g/mol. The molecule has 1 N–H and O–H groups in total. The predicted octanol–water partition coefficient (Wildman–Crippen LogP) is 2.18. The van der Waals surface area contributed by atoms with Gasteiger partial charge in [0.25, 0.3) is 5.91 Å². The molecule has 0 aliphatic rings. The Labute approximate surface area is 96.8 Å². The highest BCUT2D eigenvalue weighted by Crippen LogP contribution is 2.02. The number of nitrogens with zero attached hydrogens (tertiary/aromatic N) is 1. The van der Waals surface area contributed by atoms with Gasteiger partial charge in [-0.25, -0.2) is 9.82 Å². The standard InChI is InChI=1S/C12H9FN2O2/c13-10-5-3-9(4-6-10)12(16)15-14-8-11-2-1-7-17-11/h1-8H,(H,15,16)/b14-8-. The van der Waals surface area contributed by atoms with E-state index < -0.39 is 5.91 Å². The number of carbonyl (C=O) groups is 1. The van der Waals surface area contributed by atoms with E-state index >= 15 is 0 Å². The summed E-state index contributed by atoms with van der Waals surface area (Å²) in [5.41, 5.74) is 2.64. The molecule has 2 rings (SSSR count). The van der Waals surface area contributed by atoms with E-state index in [2.05, 4.69) is 10.5 Å². The Bertz CT molecular complexity index is 518. The highest BCUT2D eigenvalue weighted by Gasteiger charge is 2.03. The van der Waals surface area contributed by atoms with Gasteiger partial charge >= 0.3 is 0 Å². The molecule has 0 spiro atoms. The van der Waals surface area contributed by atoms with E-state index in [0.717, 1.165) is 0 Å². The molecule has 0 aliphatic carbocycles. The Kier molecular flexibility index (Phi) is 3.30. The molecule has 0 unspecified atom stereocenters. The molecule has 0 bridgehead atoms. The van der Waals surface area contributed by atoms with Gasteiger partial charge in [0.1, 0.15) is 11.6 Å². The number of hydrogen-bond acceptors (Lipinski definition) is 3. The highest BCUT2D eigenvalue weighted by molar-refractivity contribution is 5.94.